The molecule has 1 saturated heterocycles. The van der Waals surface area contributed by atoms with Crippen molar-refractivity contribution in [3.05, 3.63) is 101 Å². The van der Waals surface area contributed by atoms with Crippen LogP contribution in [-0.2, 0) is 4.79 Å². The summed E-state index contributed by atoms with van der Waals surface area (Å²) in [7, 11) is 3.99. The Kier molecular flexibility index (Phi) is 6.03. The van der Waals surface area contributed by atoms with Crippen molar-refractivity contribution in [2.45, 2.75) is 19.0 Å². The van der Waals surface area contributed by atoms with Crippen LogP contribution < -0.4 is 15.6 Å². The zero-order chi connectivity index (χ0) is 22.7. The smallest absolute Gasteiger partial charge is 0.304 e. The van der Waals surface area contributed by atoms with Gasteiger partial charge in [-0.2, -0.15) is 0 Å². The van der Waals surface area contributed by atoms with Crippen molar-refractivity contribution in [3.8, 4) is 0 Å². The van der Waals surface area contributed by atoms with Gasteiger partial charge in [-0.05, 0) is 43.3 Å². The lowest BCUT2D eigenvalue weighted by Gasteiger charge is -2.15. The summed E-state index contributed by atoms with van der Waals surface area (Å²) >= 11 is 0. The normalized spacial score (nSPS) is 19.0. The van der Waals surface area contributed by atoms with Crippen LogP contribution in [0.25, 0.3) is 0 Å². The SMILES string of the molecule is Cc1ccc([C@H]2[C@@H](NC(=O)c3ccccc3)C(=O)N/[N+]2=C\c2ccc(N(C)C)cc2)cc1. The lowest BCUT2D eigenvalue weighted by molar-refractivity contribution is -0.596. The van der Waals surface area contributed by atoms with Gasteiger partial charge in [0.05, 0.1) is 0 Å². The Morgan fingerprint density at radius 2 is 1.62 bits per heavy atom. The first-order valence-electron chi connectivity index (χ1n) is 10.6. The average Bonchev–Trinajstić information content (AvgIpc) is 3.09. The van der Waals surface area contributed by atoms with Crippen LogP contribution in [0.15, 0.2) is 78.9 Å². The van der Waals surface area contributed by atoms with Crippen molar-refractivity contribution < 1.29 is 14.3 Å². The molecule has 0 saturated carbocycles. The number of amides is 2. The molecule has 162 valence electrons. The number of carbonyl (C=O) groups is 2. The molecule has 2 N–H and O–H groups in total. The van der Waals surface area contributed by atoms with Crippen LogP contribution in [0, 0.1) is 6.92 Å². The third-order valence-electron chi connectivity index (χ3n) is 5.58. The van der Waals surface area contributed by atoms with Crippen LogP contribution in [0.2, 0.25) is 0 Å². The molecule has 0 aliphatic carbocycles. The number of hydrogen-bond donors (Lipinski definition) is 2. The van der Waals surface area contributed by atoms with Crippen LogP contribution in [0.3, 0.4) is 0 Å². The summed E-state index contributed by atoms with van der Waals surface area (Å²) in [6.07, 6.45) is 1.90. The summed E-state index contributed by atoms with van der Waals surface area (Å²) in [5.41, 5.74) is 7.55. The fourth-order valence-electron chi connectivity index (χ4n) is 3.78. The molecule has 1 heterocycles. The molecule has 0 bridgehead atoms. The monoisotopic (exact) mass is 427 g/mol. The molecule has 6 heteroatoms. The van der Waals surface area contributed by atoms with Gasteiger partial charge < -0.3 is 10.2 Å². The number of hydrazine groups is 1. The highest BCUT2D eigenvalue weighted by molar-refractivity contribution is 5.98. The summed E-state index contributed by atoms with van der Waals surface area (Å²) in [5, 5.41) is 2.93. The van der Waals surface area contributed by atoms with Crippen molar-refractivity contribution in [3.63, 3.8) is 0 Å². The number of anilines is 1. The van der Waals surface area contributed by atoms with E-state index in [0.29, 0.717) is 5.56 Å². The number of aryl methyl sites for hydroxylation is 1. The van der Waals surface area contributed by atoms with Gasteiger partial charge in [0.25, 0.3) is 5.91 Å². The first-order chi connectivity index (χ1) is 15.4. The number of hydrazone groups is 1. The van der Waals surface area contributed by atoms with Crippen LogP contribution >= 0.6 is 0 Å². The van der Waals surface area contributed by atoms with Crippen LogP contribution in [0.1, 0.15) is 33.1 Å². The molecule has 0 unspecified atom stereocenters. The number of nitrogens with zero attached hydrogens (tertiary/aromatic N) is 2. The first-order valence-corrected chi connectivity index (χ1v) is 10.6. The topological polar surface area (TPSA) is 64.5 Å². The molecule has 0 aromatic heterocycles. The van der Waals surface area contributed by atoms with Gasteiger partial charge in [0.1, 0.15) is 0 Å². The molecule has 1 aliphatic heterocycles. The Bertz CT molecular complexity index is 1140. The second kappa shape index (κ2) is 9.06. The van der Waals surface area contributed by atoms with Crippen molar-refractivity contribution in [2.75, 3.05) is 19.0 Å². The average molecular weight is 428 g/mol. The Balaban J connectivity index is 1.69. The van der Waals surface area contributed by atoms with Gasteiger partial charge in [0.15, 0.2) is 6.04 Å². The van der Waals surface area contributed by atoms with Gasteiger partial charge in [-0.1, -0.05) is 48.0 Å². The van der Waals surface area contributed by atoms with Crippen LogP contribution in [0.4, 0.5) is 5.69 Å². The van der Waals surface area contributed by atoms with Gasteiger partial charge >= 0.3 is 5.91 Å². The molecule has 2 amide bonds. The highest BCUT2D eigenvalue weighted by Gasteiger charge is 2.47. The Morgan fingerprint density at radius 3 is 2.25 bits per heavy atom. The summed E-state index contributed by atoms with van der Waals surface area (Å²) < 4.78 is 1.79. The maximum Gasteiger partial charge on any atom is 0.304 e. The Labute approximate surface area is 188 Å². The molecule has 3 aromatic carbocycles. The van der Waals surface area contributed by atoms with Crippen molar-refractivity contribution in [2.24, 2.45) is 0 Å². The number of benzene rings is 3. The van der Waals surface area contributed by atoms with Gasteiger partial charge in [-0.15, -0.1) is 10.1 Å². The van der Waals surface area contributed by atoms with E-state index in [-0.39, 0.29) is 17.9 Å². The molecule has 3 aromatic rings. The highest BCUT2D eigenvalue weighted by Crippen LogP contribution is 2.26. The van der Waals surface area contributed by atoms with Crippen LogP contribution in [-0.4, -0.2) is 42.9 Å². The Hall–Kier alpha value is -3.93. The van der Waals surface area contributed by atoms with E-state index in [1.54, 1.807) is 28.9 Å². The van der Waals surface area contributed by atoms with E-state index in [1.165, 1.54) is 0 Å². The maximum absolute atomic E-state index is 12.9. The maximum atomic E-state index is 12.9. The van der Waals surface area contributed by atoms with Gasteiger partial charge in [0.2, 0.25) is 12.3 Å². The predicted octanol–water partition coefficient (Wildman–Crippen LogP) is 3.08. The van der Waals surface area contributed by atoms with Gasteiger partial charge in [-0.3, -0.25) is 9.59 Å². The first kappa shape index (κ1) is 21.3. The molecule has 2 atom stereocenters. The third-order valence-corrected chi connectivity index (χ3v) is 5.58. The summed E-state index contributed by atoms with van der Waals surface area (Å²) in [4.78, 5) is 27.8. The zero-order valence-electron chi connectivity index (χ0n) is 18.4. The molecule has 4 rings (SSSR count). The molecule has 32 heavy (non-hydrogen) atoms. The van der Waals surface area contributed by atoms with Gasteiger partial charge in [-0.25, -0.2) is 0 Å². The van der Waals surface area contributed by atoms with Crippen LogP contribution in [0.5, 0.6) is 0 Å². The number of rotatable bonds is 5. The zero-order valence-corrected chi connectivity index (χ0v) is 18.4. The molecular weight excluding hydrogens is 400 g/mol. The Morgan fingerprint density at radius 1 is 0.969 bits per heavy atom. The summed E-state index contributed by atoms with van der Waals surface area (Å²) in [6.45, 7) is 2.02. The fourth-order valence-corrected chi connectivity index (χ4v) is 3.78. The second-order valence-electron chi connectivity index (χ2n) is 8.17. The molecule has 1 aliphatic rings. The summed E-state index contributed by atoms with van der Waals surface area (Å²) in [6, 6.07) is 23.9. The lowest BCUT2D eigenvalue weighted by atomic mass is 9.98. The number of hydrogen-bond acceptors (Lipinski definition) is 3. The number of carbonyl (C=O) groups excluding carboxylic acids is 2. The van der Waals surface area contributed by atoms with Gasteiger partial charge in [0, 0.05) is 36.5 Å². The minimum Gasteiger partial charge on any atom is -0.378 e. The minimum atomic E-state index is -0.734. The molecular formula is C26H27N4O2+. The van der Waals surface area contributed by atoms with Crippen molar-refractivity contribution in [1.29, 1.82) is 0 Å². The minimum absolute atomic E-state index is 0.249. The predicted molar refractivity (Wildman–Crippen MR) is 126 cm³/mol. The van der Waals surface area contributed by atoms with E-state index >= 15 is 0 Å². The van der Waals surface area contributed by atoms with Crippen molar-refractivity contribution in [1.82, 2.24) is 10.7 Å². The van der Waals surface area contributed by atoms with E-state index in [2.05, 4.69) is 10.7 Å². The largest absolute Gasteiger partial charge is 0.378 e. The fraction of sp³-hybridized carbons (Fsp3) is 0.192. The van der Waals surface area contributed by atoms with E-state index in [4.69, 9.17) is 0 Å². The molecule has 6 nitrogen and oxygen atoms in total. The lowest BCUT2D eigenvalue weighted by Crippen LogP contribution is -2.42. The van der Waals surface area contributed by atoms with Crippen molar-refractivity contribution >= 4 is 23.7 Å². The molecule has 1 fully saturated rings. The third kappa shape index (κ3) is 4.54. The molecule has 0 spiro atoms. The quantitative estimate of drug-likeness (QED) is 0.615. The van der Waals surface area contributed by atoms with E-state index < -0.39 is 6.04 Å². The van der Waals surface area contributed by atoms with E-state index in [9.17, 15) is 9.59 Å². The van der Waals surface area contributed by atoms with E-state index in [1.807, 2.05) is 86.7 Å². The highest BCUT2D eigenvalue weighted by atomic mass is 16.2. The summed E-state index contributed by atoms with van der Waals surface area (Å²) in [5.74, 6) is -0.527. The van der Waals surface area contributed by atoms with E-state index in [0.717, 1.165) is 22.4 Å². The number of nitrogens with one attached hydrogen (secondary N) is 2. The molecule has 0 radical (unpaired) electrons. The standard InChI is InChI=1S/C26H26N4O2/c1-18-9-13-20(14-10-18)24-23(27-25(31)21-7-5-4-6-8-21)26(32)28-30(24)17-19-11-15-22(16-12-19)29(2)3/h4-17,23-24H,1-3H3,(H-,27,28,31,32)/p+1/t23-,24+/m1/s1. The second-order valence-corrected chi connectivity index (χ2v) is 8.17.